The molecule has 1 N–H and O–H groups in total. The first-order valence-electron chi connectivity index (χ1n) is 5.86. The molecule has 0 amide bonds. The molecule has 1 aromatic rings. The molecule has 2 rings (SSSR count). The molecule has 4 nitrogen and oxygen atoms in total. The van der Waals surface area contributed by atoms with Gasteiger partial charge in [0.25, 0.3) is 0 Å². The minimum Gasteiger partial charge on any atom is -0.377 e. The van der Waals surface area contributed by atoms with Crippen molar-refractivity contribution in [3.63, 3.8) is 0 Å². The van der Waals surface area contributed by atoms with Crippen molar-refractivity contribution in [3.05, 3.63) is 23.3 Å². The molecular formula is C12H19N3O. The van der Waals surface area contributed by atoms with Crippen LogP contribution in [0.5, 0.6) is 0 Å². The van der Waals surface area contributed by atoms with Gasteiger partial charge in [-0.2, -0.15) is 0 Å². The summed E-state index contributed by atoms with van der Waals surface area (Å²) in [4.78, 5) is 8.93. The van der Waals surface area contributed by atoms with E-state index in [1.165, 1.54) is 30.5 Å². The Labute approximate surface area is 96.4 Å². The van der Waals surface area contributed by atoms with E-state index in [9.17, 15) is 0 Å². The molecule has 1 heterocycles. The van der Waals surface area contributed by atoms with E-state index < -0.39 is 0 Å². The number of hydrogen-bond acceptors (Lipinski definition) is 4. The summed E-state index contributed by atoms with van der Waals surface area (Å²) in [5.74, 6) is 0.790. The second-order valence-electron chi connectivity index (χ2n) is 4.21. The van der Waals surface area contributed by atoms with Gasteiger partial charge in [-0.25, -0.2) is 9.97 Å². The van der Waals surface area contributed by atoms with Crippen molar-refractivity contribution in [1.82, 2.24) is 15.3 Å². The van der Waals surface area contributed by atoms with Crippen molar-refractivity contribution in [2.24, 2.45) is 0 Å². The van der Waals surface area contributed by atoms with Crippen LogP contribution >= 0.6 is 0 Å². The maximum Gasteiger partial charge on any atom is 0.154 e. The smallest absolute Gasteiger partial charge is 0.154 e. The van der Waals surface area contributed by atoms with Crippen LogP contribution in [-0.2, 0) is 17.8 Å². The maximum absolute atomic E-state index is 5.06. The van der Waals surface area contributed by atoms with Gasteiger partial charge < -0.3 is 10.1 Å². The molecular weight excluding hydrogens is 202 g/mol. The predicted octanol–water partition coefficient (Wildman–Crippen LogP) is 1.61. The zero-order chi connectivity index (χ0) is 11.4. The Balaban J connectivity index is 2.29. The summed E-state index contributed by atoms with van der Waals surface area (Å²) in [5, 5.41) is 3.34. The summed E-state index contributed by atoms with van der Waals surface area (Å²) in [6, 6.07) is 0.411. The first-order chi connectivity index (χ1) is 7.85. The highest BCUT2D eigenvalue weighted by Crippen LogP contribution is 2.26. The number of nitrogens with zero attached hydrogens (tertiary/aromatic N) is 2. The number of aryl methyl sites for hydroxylation is 1. The van der Waals surface area contributed by atoms with Crippen LogP contribution in [-0.4, -0.2) is 24.1 Å². The van der Waals surface area contributed by atoms with Gasteiger partial charge >= 0.3 is 0 Å². The third-order valence-corrected chi connectivity index (χ3v) is 3.10. The highest BCUT2D eigenvalue weighted by atomic mass is 16.5. The summed E-state index contributed by atoms with van der Waals surface area (Å²) in [6.07, 6.45) is 6.67. The highest BCUT2D eigenvalue weighted by molar-refractivity contribution is 5.23. The maximum atomic E-state index is 5.06. The Morgan fingerprint density at radius 1 is 1.50 bits per heavy atom. The van der Waals surface area contributed by atoms with Gasteiger partial charge in [-0.3, -0.25) is 0 Å². The minimum absolute atomic E-state index is 0.411. The topological polar surface area (TPSA) is 47.0 Å². The van der Waals surface area contributed by atoms with Crippen LogP contribution in [0.2, 0.25) is 0 Å². The Kier molecular flexibility index (Phi) is 3.85. The zero-order valence-corrected chi connectivity index (χ0v) is 9.99. The van der Waals surface area contributed by atoms with Gasteiger partial charge in [0.15, 0.2) is 5.82 Å². The summed E-state index contributed by atoms with van der Waals surface area (Å²) in [7, 11) is 3.67. The van der Waals surface area contributed by atoms with E-state index in [-0.39, 0.29) is 0 Å². The van der Waals surface area contributed by atoms with Gasteiger partial charge in [0, 0.05) is 30.6 Å². The average Bonchev–Trinajstić information content (AvgIpc) is 2.50. The molecule has 0 radical (unpaired) electrons. The summed E-state index contributed by atoms with van der Waals surface area (Å²) >= 11 is 0. The molecule has 0 saturated heterocycles. The van der Waals surface area contributed by atoms with Crippen molar-refractivity contribution in [2.45, 2.75) is 38.3 Å². The molecule has 88 valence electrons. The quantitative estimate of drug-likeness (QED) is 0.788. The number of fused-ring (bicyclic) bond motifs is 1. The van der Waals surface area contributed by atoms with Gasteiger partial charge in [-0.05, 0) is 26.3 Å². The molecule has 0 aliphatic heterocycles. The predicted molar refractivity (Wildman–Crippen MR) is 62.1 cm³/mol. The number of rotatable bonds is 3. The molecule has 0 bridgehead atoms. The zero-order valence-electron chi connectivity index (χ0n) is 9.99. The van der Waals surface area contributed by atoms with E-state index in [0.717, 1.165) is 12.2 Å². The lowest BCUT2D eigenvalue weighted by molar-refractivity contribution is 0.177. The largest absolute Gasteiger partial charge is 0.377 e. The van der Waals surface area contributed by atoms with E-state index >= 15 is 0 Å². The second-order valence-corrected chi connectivity index (χ2v) is 4.21. The molecule has 0 fully saturated rings. The lowest BCUT2D eigenvalue weighted by Gasteiger charge is -2.16. The molecule has 0 saturated carbocycles. The van der Waals surface area contributed by atoms with Crippen LogP contribution in [0.3, 0.4) is 0 Å². The molecule has 1 unspecified atom stereocenters. The Bertz CT molecular complexity index is 354. The lowest BCUT2D eigenvalue weighted by atomic mass is 10.1. The van der Waals surface area contributed by atoms with Gasteiger partial charge in [0.2, 0.25) is 0 Å². The van der Waals surface area contributed by atoms with Gasteiger partial charge in [0.1, 0.15) is 6.61 Å². The lowest BCUT2D eigenvalue weighted by Crippen LogP contribution is -2.18. The van der Waals surface area contributed by atoms with E-state index in [0.29, 0.717) is 12.6 Å². The number of aromatic nitrogens is 2. The summed E-state index contributed by atoms with van der Waals surface area (Å²) in [6.45, 7) is 0.498. The van der Waals surface area contributed by atoms with E-state index in [1.807, 2.05) is 13.2 Å². The van der Waals surface area contributed by atoms with Gasteiger partial charge in [-0.15, -0.1) is 0 Å². The molecule has 1 aliphatic rings. The SMILES string of the molecule is CNC1CCCCc2nc(COC)ncc21. The average molecular weight is 221 g/mol. The Morgan fingerprint density at radius 2 is 2.38 bits per heavy atom. The fourth-order valence-electron chi connectivity index (χ4n) is 2.25. The molecule has 16 heavy (non-hydrogen) atoms. The molecule has 1 aromatic heterocycles. The third-order valence-electron chi connectivity index (χ3n) is 3.10. The van der Waals surface area contributed by atoms with Crippen molar-refractivity contribution >= 4 is 0 Å². The van der Waals surface area contributed by atoms with E-state index in [2.05, 4.69) is 15.3 Å². The first-order valence-corrected chi connectivity index (χ1v) is 5.86. The Hall–Kier alpha value is -1.00. The number of methoxy groups -OCH3 is 1. The Morgan fingerprint density at radius 3 is 3.12 bits per heavy atom. The highest BCUT2D eigenvalue weighted by Gasteiger charge is 2.18. The normalized spacial score (nSPS) is 20.2. The fourth-order valence-corrected chi connectivity index (χ4v) is 2.25. The van der Waals surface area contributed by atoms with Crippen molar-refractivity contribution in [2.75, 3.05) is 14.2 Å². The molecule has 4 heteroatoms. The summed E-state index contributed by atoms with van der Waals surface area (Å²) < 4.78 is 5.06. The minimum atomic E-state index is 0.411. The van der Waals surface area contributed by atoms with Crippen molar-refractivity contribution in [1.29, 1.82) is 0 Å². The van der Waals surface area contributed by atoms with Crippen LogP contribution in [0, 0.1) is 0 Å². The first kappa shape index (κ1) is 11.5. The molecule has 1 atom stereocenters. The number of nitrogens with one attached hydrogen (secondary N) is 1. The van der Waals surface area contributed by atoms with Crippen LogP contribution in [0.15, 0.2) is 6.20 Å². The molecule has 1 aliphatic carbocycles. The standard InChI is InChI=1S/C12H19N3O/c1-13-10-5-3-4-6-11-9(10)7-14-12(15-11)8-16-2/h7,10,13H,3-6,8H2,1-2H3. The van der Waals surface area contributed by atoms with Gasteiger partial charge in [0.05, 0.1) is 0 Å². The summed E-state index contributed by atoms with van der Waals surface area (Å²) in [5.41, 5.74) is 2.46. The number of hydrogen-bond donors (Lipinski definition) is 1. The third kappa shape index (κ3) is 2.39. The van der Waals surface area contributed by atoms with E-state index in [1.54, 1.807) is 7.11 Å². The number of ether oxygens (including phenoxy) is 1. The van der Waals surface area contributed by atoms with Crippen molar-refractivity contribution in [3.8, 4) is 0 Å². The van der Waals surface area contributed by atoms with Crippen LogP contribution in [0.4, 0.5) is 0 Å². The van der Waals surface area contributed by atoms with E-state index in [4.69, 9.17) is 4.74 Å². The molecule has 0 aromatic carbocycles. The van der Waals surface area contributed by atoms with Crippen LogP contribution in [0.1, 0.15) is 42.4 Å². The van der Waals surface area contributed by atoms with Crippen LogP contribution < -0.4 is 5.32 Å². The van der Waals surface area contributed by atoms with Crippen LogP contribution in [0.25, 0.3) is 0 Å². The molecule has 0 spiro atoms. The second kappa shape index (κ2) is 5.37. The monoisotopic (exact) mass is 221 g/mol. The fraction of sp³-hybridized carbons (Fsp3) is 0.667. The van der Waals surface area contributed by atoms with Crippen molar-refractivity contribution < 1.29 is 4.74 Å². The van der Waals surface area contributed by atoms with Gasteiger partial charge in [-0.1, -0.05) is 6.42 Å².